The van der Waals surface area contributed by atoms with Gasteiger partial charge in [0.15, 0.2) is 11.6 Å². The number of nitrogens with zero attached hydrogens (tertiary/aromatic N) is 2. The van der Waals surface area contributed by atoms with Crippen molar-refractivity contribution < 1.29 is 35.9 Å². The van der Waals surface area contributed by atoms with E-state index in [2.05, 4.69) is 20.1 Å². The number of hydrogen-bond acceptors (Lipinski definition) is 4. The predicted octanol–water partition coefficient (Wildman–Crippen LogP) is 8.23. The second-order valence-corrected chi connectivity index (χ2v) is 14.3. The number of carbonyl (C=O) groups excluding carboxylic acids is 2. The molecule has 6 rings (SSSR count). The zero-order valence-electron chi connectivity index (χ0n) is 28.7. The van der Waals surface area contributed by atoms with Crippen LogP contribution in [0.2, 0.25) is 9.88 Å². The van der Waals surface area contributed by atoms with Gasteiger partial charge in [0.1, 0.15) is 11.1 Å². The number of rotatable bonds is 6. The second-order valence-electron chi connectivity index (χ2n) is 11.5. The Kier molecular flexibility index (Phi) is 12.9. The molecular weight excluding hydrogens is 809 g/mol. The molecule has 0 aliphatic rings. The molecule has 15 heteroatoms. The first-order valence-electron chi connectivity index (χ1n) is 15.8. The molecule has 274 valence electrons. The maximum atomic E-state index is 12.6. The van der Waals surface area contributed by atoms with Crippen LogP contribution in [-0.4, -0.2) is 52.3 Å². The molecule has 0 aliphatic heterocycles. The molecule has 0 saturated heterocycles. The van der Waals surface area contributed by atoms with E-state index in [9.17, 15) is 45.5 Å². The molecule has 6 aromatic rings. The van der Waals surface area contributed by atoms with Gasteiger partial charge < -0.3 is 0 Å². The quantitative estimate of drug-likeness (QED) is 0.100. The molecule has 0 unspecified atom stereocenters. The van der Waals surface area contributed by atoms with Gasteiger partial charge >= 0.3 is 43.4 Å². The molecule has 2 N–H and O–H groups in total. The van der Waals surface area contributed by atoms with Gasteiger partial charge in [-0.15, -0.1) is 0 Å². The first kappa shape index (κ1) is 40.4. The Bertz CT molecular complexity index is 2130. The zero-order chi connectivity index (χ0) is 39.1. The van der Waals surface area contributed by atoms with Gasteiger partial charge in [-0.1, -0.05) is 60.7 Å². The fourth-order valence-corrected chi connectivity index (χ4v) is 5.06. The van der Waals surface area contributed by atoms with Crippen molar-refractivity contribution in [3.05, 3.63) is 175 Å². The maximum absolute atomic E-state index is 12.6. The number of H-pyrrole nitrogens is 2. The van der Waals surface area contributed by atoms with Crippen LogP contribution < -0.4 is 11.1 Å². The summed E-state index contributed by atoms with van der Waals surface area (Å²) in [6, 6.07) is 24.9. The van der Waals surface area contributed by atoms with Crippen molar-refractivity contribution in [2.24, 2.45) is 0 Å². The Balaban J connectivity index is 0.000000220. The van der Waals surface area contributed by atoms with Crippen LogP contribution in [0.25, 0.3) is 11.4 Å². The summed E-state index contributed by atoms with van der Waals surface area (Å²) >= 11 is 0.230. The van der Waals surface area contributed by atoms with Crippen LogP contribution in [0, 0.1) is 13.8 Å². The van der Waals surface area contributed by atoms with Gasteiger partial charge in [-0.25, -0.2) is 9.36 Å². The van der Waals surface area contributed by atoms with Gasteiger partial charge in [0, 0.05) is 22.5 Å². The SMILES string of the molecule is Cc1[nH]n(-c2ccc(C(F)(F)F)cc2)c(=O)c1C(=O)c1ccccc1.Cc1[nH]n(-c2ccc(C(F)(F)F)cc2)c(=O)c1C(=O)c1ccccc1.[CH3][Sn][CH3]. The minimum atomic E-state index is -4.45. The van der Waals surface area contributed by atoms with Gasteiger partial charge in [-0.3, -0.25) is 29.4 Å². The average molecular weight is 841 g/mol. The molecule has 2 radical (unpaired) electrons. The van der Waals surface area contributed by atoms with Crippen LogP contribution in [0.1, 0.15) is 54.4 Å². The summed E-state index contributed by atoms with van der Waals surface area (Å²) in [5, 5.41) is 5.48. The molecule has 4 aromatic carbocycles. The second kappa shape index (κ2) is 17.0. The van der Waals surface area contributed by atoms with Crippen molar-refractivity contribution in [1.29, 1.82) is 0 Å². The third-order valence-corrected chi connectivity index (χ3v) is 7.57. The van der Waals surface area contributed by atoms with Crippen LogP contribution in [0.15, 0.2) is 119 Å². The van der Waals surface area contributed by atoms with E-state index in [1.807, 2.05) is 0 Å². The molecule has 0 aliphatic carbocycles. The zero-order valence-corrected chi connectivity index (χ0v) is 31.5. The third kappa shape index (κ3) is 9.54. The summed E-state index contributed by atoms with van der Waals surface area (Å²) in [5.74, 6) is -0.880. The van der Waals surface area contributed by atoms with Gasteiger partial charge in [0.25, 0.3) is 11.1 Å². The summed E-state index contributed by atoms with van der Waals surface area (Å²) in [6.07, 6.45) is -8.91. The van der Waals surface area contributed by atoms with E-state index in [1.54, 1.807) is 74.5 Å². The van der Waals surface area contributed by atoms with E-state index in [0.29, 0.717) is 22.5 Å². The van der Waals surface area contributed by atoms with Gasteiger partial charge in [0.2, 0.25) is 0 Å². The molecule has 2 aromatic heterocycles. The summed E-state index contributed by atoms with van der Waals surface area (Å²) < 4.78 is 78.0. The minimum absolute atomic E-state index is 0.0360. The van der Waals surface area contributed by atoms with E-state index in [4.69, 9.17) is 0 Å². The standard InChI is InChI=1S/2C18H13F3N2O2.2CH3.Sn/c2*1-11-15(16(24)12-5-3-2-4-6-12)17(25)23(22-11)14-9-7-13(8-10-14)18(19,20)21;;;/h2*2-10,22H,1H3;2*1H3;. The van der Waals surface area contributed by atoms with E-state index in [0.717, 1.165) is 33.6 Å². The Morgan fingerprint density at radius 1 is 0.528 bits per heavy atom. The summed E-state index contributed by atoms with van der Waals surface area (Å²) in [5.41, 5.74) is -1.06. The van der Waals surface area contributed by atoms with Crippen molar-refractivity contribution in [2.45, 2.75) is 36.1 Å². The fourth-order valence-electron chi connectivity index (χ4n) is 5.06. The normalized spacial score (nSPS) is 11.2. The topological polar surface area (TPSA) is 110 Å². The van der Waals surface area contributed by atoms with E-state index >= 15 is 0 Å². The summed E-state index contributed by atoms with van der Waals surface area (Å²) in [4.78, 5) is 54.8. The number of halogens is 6. The van der Waals surface area contributed by atoms with Gasteiger partial charge in [-0.2, -0.15) is 26.3 Å². The number of alkyl halides is 6. The van der Waals surface area contributed by atoms with Crippen LogP contribution in [-0.2, 0) is 12.4 Å². The Morgan fingerprint density at radius 2 is 0.811 bits per heavy atom. The Labute approximate surface area is 309 Å². The van der Waals surface area contributed by atoms with Crippen LogP contribution >= 0.6 is 0 Å². The van der Waals surface area contributed by atoms with E-state index in [-0.39, 0.29) is 43.6 Å². The number of nitrogens with one attached hydrogen (secondary N) is 2. The van der Waals surface area contributed by atoms with Crippen LogP contribution in [0.4, 0.5) is 26.3 Å². The Morgan fingerprint density at radius 3 is 1.08 bits per heavy atom. The van der Waals surface area contributed by atoms with Crippen molar-refractivity contribution in [2.75, 3.05) is 0 Å². The van der Waals surface area contributed by atoms with Crippen LogP contribution in [0.3, 0.4) is 0 Å². The number of ketones is 2. The summed E-state index contributed by atoms with van der Waals surface area (Å²) in [7, 11) is 0. The van der Waals surface area contributed by atoms with Gasteiger partial charge in [-0.05, 0) is 62.4 Å². The monoisotopic (exact) mass is 842 g/mol. The molecule has 0 saturated carbocycles. The molecular formula is C38H32F6N4O4Sn. The molecule has 0 fully saturated rings. The third-order valence-electron chi connectivity index (χ3n) is 7.57. The average Bonchev–Trinajstić information content (AvgIpc) is 3.60. The molecule has 0 amide bonds. The number of hydrogen-bond donors (Lipinski definition) is 2. The number of carbonyl (C=O) groups is 2. The van der Waals surface area contributed by atoms with Crippen molar-refractivity contribution in [1.82, 2.24) is 19.6 Å². The fraction of sp³-hybridized carbons (Fsp3) is 0.158. The Hall–Kier alpha value is -5.38. The summed E-state index contributed by atoms with van der Waals surface area (Å²) in [6.45, 7) is 3.14. The first-order valence-corrected chi connectivity index (χ1v) is 21.5. The number of benzene rings is 4. The van der Waals surface area contributed by atoms with Crippen molar-refractivity contribution >= 4 is 32.7 Å². The molecule has 2 heterocycles. The number of aryl methyl sites for hydroxylation is 2. The van der Waals surface area contributed by atoms with Crippen molar-refractivity contribution in [3.63, 3.8) is 0 Å². The molecule has 0 spiro atoms. The van der Waals surface area contributed by atoms with Crippen molar-refractivity contribution in [3.8, 4) is 11.4 Å². The van der Waals surface area contributed by atoms with Crippen LogP contribution in [0.5, 0.6) is 0 Å². The van der Waals surface area contributed by atoms with Gasteiger partial charge in [0.05, 0.1) is 22.5 Å². The molecule has 0 bridgehead atoms. The van der Waals surface area contributed by atoms with E-state index < -0.39 is 46.2 Å². The molecule has 53 heavy (non-hydrogen) atoms. The molecule has 8 nitrogen and oxygen atoms in total. The number of aromatic amines is 2. The predicted molar refractivity (Wildman–Crippen MR) is 189 cm³/mol. The number of aromatic nitrogens is 4. The molecule has 0 atom stereocenters. The first-order chi connectivity index (χ1) is 25.0. The van der Waals surface area contributed by atoms with E-state index in [1.165, 1.54) is 24.3 Å².